The first-order chi connectivity index (χ1) is 29.0. The van der Waals surface area contributed by atoms with Crippen molar-refractivity contribution in [3.05, 3.63) is 147 Å². The van der Waals surface area contributed by atoms with Gasteiger partial charge in [0, 0.05) is 59.2 Å². The average Bonchev–Trinajstić information content (AvgIpc) is 4.05. The van der Waals surface area contributed by atoms with Gasteiger partial charge in [-0.3, -0.25) is 0 Å². The van der Waals surface area contributed by atoms with Crippen LogP contribution in [0.4, 0.5) is 0 Å². The molecule has 0 fully saturated rings. The van der Waals surface area contributed by atoms with Crippen molar-refractivity contribution in [2.45, 2.75) is 0 Å². The van der Waals surface area contributed by atoms with E-state index in [1.54, 1.807) is 0 Å². The van der Waals surface area contributed by atoms with Gasteiger partial charge in [0.2, 0.25) is 24.4 Å². The molecule has 9 heterocycles. The van der Waals surface area contributed by atoms with E-state index in [1.165, 1.54) is 0 Å². The van der Waals surface area contributed by atoms with Crippen molar-refractivity contribution in [1.82, 2.24) is 19.1 Å². The van der Waals surface area contributed by atoms with Crippen LogP contribution in [0, 0.1) is 12.7 Å². The predicted molar refractivity (Wildman–Crippen MR) is 219 cm³/mol. The molecule has 0 atom stereocenters. The normalized spacial score (nSPS) is 13.4. The minimum atomic E-state index is -0.177. The molecule has 4 aromatic carbocycles. The van der Waals surface area contributed by atoms with Crippen molar-refractivity contribution in [1.29, 1.82) is 0 Å². The molecule has 0 radical (unpaired) electrons. The Morgan fingerprint density at radius 2 is 1.03 bits per heavy atom. The van der Waals surface area contributed by atoms with Gasteiger partial charge in [0.15, 0.2) is 0 Å². The molecule has 0 amide bonds. The number of furan rings is 1. The summed E-state index contributed by atoms with van der Waals surface area (Å²) in [5.41, 5.74) is 10.5. The van der Waals surface area contributed by atoms with Gasteiger partial charge in [0.1, 0.15) is 40.3 Å². The van der Waals surface area contributed by atoms with Gasteiger partial charge >= 0.3 is 0 Å². The topological polar surface area (TPSA) is 93.5 Å². The van der Waals surface area contributed by atoms with Crippen LogP contribution in [-0.4, -0.2) is 32.5 Å². The monoisotopic (exact) mass is 766 g/mol. The number of nitrogens with zero attached hydrogens (tertiary/aromatic N) is 6. The Hall–Kier alpha value is -7.79. The highest BCUT2D eigenvalue weighted by Gasteiger charge is 2.42. The van der Waals surface area contributed by atoms with E-state index in [0.29, 0.717) is 11.8 Å². The summed E-state index contributed by atoms with van der Waals surface area (Å²) in [6.45, 7) is -0.343. The lowest BCUT2D eigenvalue weighted by molar-refractivity contribution is -0.675. The molecule has 278 valence electrons. The fraction of sp³-hybridized carbons (Fsp3) is 0.0435. The van der Waals surface area contributed by atoms with Gasteiger partial charge in [-0.05, 0) is 75.9 Å². The van der Waals surface area contributed by atoms with Crippen molar-refractivity contribution < 1.29 is 32.5 Å². The van der Waals surface area contributed by atoms with Crippen molar-refractivity contribution in [2.24, 2.45) is 14.1 Å². The number of imidazole rings is 2. The smallest absolute Gasteiger partial charge is 0.262 e. The number of ether oxygens (including phenoxy) is 4. The maximum absolute atomic E-state index is 6.53. The molecule has 11 nitrogen and oxygen atoms in total. The highest BCUT2D eigenvalue weighted by Crippen LogP contribution is 2.38. The van der Waals surface area contributed by atoms with Gasteiger partial charge in [-0.1, -0.05) is 42.5 Å². The lowest BCUT2D eigenvalue weighted by Crippen LogP contribution is -2.57. The predicted octanol–water partition coefficient (Wildman–Crippen LogP) is 3.69. The molecule has 0 aliphatic carbocycles. The number of pyridine rings is 2. The third kappa shape index (κ3) is 4.84. The van der Waals surface area contributed by atoms with Gasteiger partial charge < -0.3 is 41.6 Å². The first kappa shape index (κ1) is 32.3. The van der Waals surface area contributed by atoms with Crippen molar-refractivity contribution in [3.63, 3.8) is 0 Å². The zero-order valence-electron chi connectivity index (χ0n) is 31.6. The van der Waals surface area contributed by atoms with E-state index in [9.17, 15) is 0 Å². The Morgan fingerprint density at radius 1 is 0.525 bits per heavy atom. The molecule has 5 aromatic heterocycles. The van der Waals surface area contributed by atoms with Gasteiger partial charge in [-0.15, -0.1) is 0 Å². The molecule has 13 heteroatoms. The van der Waals surface area contributed by atoms with E-state index in [-0.39, 0.29) is 13.4 Å². The van der Waals surface area contributed by atoms with E-state index < -0.39 is 0 Å². The summed E-state index contributed by atoms with van der Waals surface area (Å²) >= 11 is 0. The third-order valence-corrected chi connectivity index (χ3v) is 11.7. The second-order valence-corrected chi connectivity index (χ2v) is 15.2. The van der Waals surface area contributed by atoms with Crippen LogP contribution >= 0.6 is 0 Å². The van der Waals surface area contributed by atoms with E-state index >= 15 is 0 Å². The number of hydrogen-bond donors (Lipinski definition) is 0. The first-order valence-corrected chi connectivity index (χ1v) is 19.3. The fourth-order valence-electron chi connectivity index (χ4n) is 8.94. The van der Waals surface area contributed by atoms with E-state index in [4.69, 9.17) is 33.3 Å². The molecule has 0 N–H and O–H groups in total. The molecule has 59 heavy (non-hydrogen) atoms. The van der Waals surface area contributed by atoms with Crippen molar-refractivity contribution in [3.8, 4) is 80.1 Å². The fourth-order valence-corrected chi connectivity index (χ4v) is 8.94. The zero-order chi connectivity index (χ0) is 38.9. The average molecular weight is 766 g/mol. The number of benzene rings is 4. The van der Waals surface area contributed by atoms with E-state index in [1.807, 2.05) is 130 Å². The maximum Gasteiger partial charge on any atom is 0.262 e. The van der Waals surface area contributed by atoms with Crippen LogP contribution in [0.2, 0.25) is 0 Å². The number of aromatic nitrogens is 6. The summed E-state index contributed by atoms with van der Waals surface area (Å²) in [7, 11) is 3.89. The van der Waals surface area contributed by atoms with Gasteiger partial charge in [-0.25, -0.2) is 9.97 Å². The van der Waals surface area contributed by atoms with Crippen molar-refractivity contribution in [2.75, 3.05) is 0 Å². The highest BCUT2D eigenvalue weighted by atomic mass is 16.5. The first-order valence-electron chi connectivity index (χ1n) is 19.3. The van der Waals surface area contributed by atoms with Crippen molar-refractivity contribution >= 4 is 46.2 Å². The van der Waals surface area contributed by atoms with Gasteiger partial charge in [0.25, 0.3) is 13.4 Å². The van der Waals surface area contributed by atoms with Crippen LogP contribution in [0.5, 0.6) is 46.3 Å². The van der Waals surface area contributed by atoms with Crippen LogP contribution in [0.15, 0.2) is 139 Å². The number of rotatable bonds is 4. The summed E-state index contributed by atoms with van der Waals surface area (Å²) in [6.07, 6.45) is 19.8. The minimum Gasteiger partial charge on any atom is -0.464 e. The molecule has 13 rings (SSSR count). The molecular weight excluding hydrogens is 738 g/mol. The third-order valence-electron chi connectivity index (χ3n) is 11.7. The summed E-state index contributed by atoms with van der Waals surface area (Å²) in [4.78, 5) is 9.58. The maximum atomic E-state index is 6.53. The SMILES string of the molecule is C[n+]1[c-]n(-c2cnc3c(c2)B2c4cc(-c5coc(-c6ccc7c(c6)B6c8cc(-n9[c-][n+](C)cc9)cnc8Oc8cccc(c86)O7)c5)ccc4Oc4cccc(c42)O3)cc1. The molecule has 4 aliphatic heterocycles. The lowest BCUT2D eigenvalue weighted by atomic mass is 9.35. The molecule has 0 spiro atoms. The molecule has 0 unspecified atom stereocenters. The quantitative estimate of drug-likeness (QED) is 0.153. The highest BCUT2D eigenvalue weighted by molar-refractivity contribution is 6.99. The minimum absolute atomic E-state index is 0.166. The number of aryl methyl sites for hydroxylation is 2. The zero-order valence-corrected chi connectivity index (χ0v) is 31.6. The van der Waals surface area contributed by atoms with E-state index in [0.717, 1.165) is 101 Å². The molecule has 0 saturated carbocycles. The van der Waals surface area contributed by atoms with Crippen LogP contribution in [-0.2, 0) is 14.1 Å². The standard InChI is InChI=1S/C46H28B2N6O5/c1-51-13-15-53(25-51)30-20-34-45(49-22-30)58-40-7-3-5-38-43(40)47(34)32-17-27(9-11-36(32)56-38)29-19-42(55-24-29)28-10-12-37-33(18-28)48-35-21-31(54-16-14-52(2)26-54)23-50-46(35)59-41-8-4-6-39(57-37)44(41)48/h3-24H,1-2H3. The Kier molecular flexibility index (Phi) is 6.50. The Morgan fingerprint density at radius 3 is 1.56 bits per heavy atom. The summed E-state index contributed by atoms with van der Waals surface area (Å²) in [6, 6.07) is 30.7. The Labute approximate surface area is 338 Å². The molecule has 0 saturated heterocycles. The largest absolute Gasteiger partial charge is 0.464 e. The molecule has 4 aliphatic rings. The van der Waals surface area contributed by atoms with Crippen LogP contribution in [0.1, 0.15) is 0 Å². The van der Waals surface area contributed by atoms with E-state index in [2.05, 4.69) is 49.1 Å². The van der Waals surface area contributed by atoms with Gasteiger partial charge in [-0.2, -0.15) is 0 Å². The Balaban J connectivity index is 0.893. The van der Waals surface area contributed by atoms with Crippen LogP contribution in [0.25, 0.3) is 33.8 Å². The summed E-state index contributed by atoms with van der Waals surface area (Å²) in [5, 5.41) is 0. The molecule has 9 aromatic rings. The lowest BCUT2D eigenvalue weighted by Gasteiger charge is -2.32. The number of hydrogen-bond acceptors (Lipinski definition) is 7. The summed E-state index contributed by atoms with van der Waals surface area (Å²) < 4.78 is 39.8. The van der Waals surface area contributed by atoms with Crippen LogP contribution < -0.4 is 60.9 Å². The second kappa shape index (κ2) is 11.9. The van der Waals surface area contributed by atoms with Gasteiger partial charge in [0.05, 0.1) is 31.7 Å². The summed E-state index contributed by atoms with van der Waals surface area (Å²) in [5.74, 6) is 6.46. The second-order valence-electron chi connectivity index (χ2n) is 15.2. The number of fused-ring (bicyclic) bond motifs is 8. The Bertz CT molecular complexity index is 3020. The van der Waals surface area contributed by atoms with Crippen LogP contribution in [0.3, 0.4) is 0 Å². The molecular formula is C46H28B2N6O5. The molecule has 0 bridgehead atoms.